The molecule has 1 aliphatic heterocycles. The van der Waals surface area contributed by atoms with Crippen LogP contribution in [0, 0.1) is 0 Å². The number of aliphatic hydroxyl groups is 1. The Morgan fingerprint density at radius 3 is 2.56 bits per heavy atom. The minimum Gasteiger partial charge on any atom is -0.391 e. The van der Waals surface area contributed by atoms with E-state index in [1.54, 1.807) is 4.90 Å². The molecule has 1 fully saturated rings. The maximum atomic E-state index is 12.5. The Kier molecular flexibility index (Phi) is 3.44. The molecule has 0 bridgehead atoms. The van der Waals surface area contributed by atoms with Crippen LogP contribution in [0.4, 0.5) is 0 Å². The van der Waals surface area contributed by atoms with Crippen molar-refractivity contribution in [3.05, 3.63) is 35.4 Å². The lowest BCUT2D eigenvalue weighted by atomic mass is 9.83. The van der Waals surface area contributed by atoms with E-state index in [2.05, 4.69) is 20.8 Å². The minimum absolute atomic E-state index is 0.0390. The third-order valence-electron chi connectivity index (χ3n) is 3.42. The van der Waals surface area contributed by atoms with Crippen LogP contribution in [0.5, 0.6) is 0 Å². The van der Waals surface area contributed by atoms with E-state index < -0.39 is 0 Å². The average Bonchev–Trinajstić information content (AvgIpc) is 2.74. The molecule has 1 amide bonds. The van der Waals surface area contributed by atoms with E-state index in [0.717, 1.165) is 11.1 Å². The normalized spacial score (nSPS) is 20.2. The molecule has 2 rings (SSSR count). The molecule has 0 aliphatic carbocycles. The van der Waals surface area contributed by atoms with Crippen LogP contribution in [0.15, 0.2) is 24.3 Å². The van der Waals surface area contributed by atoms with Crippen molar-refractivity contribution in [3.8, 4) is 0 Å². The first-order chi connectivity index (χ1) is 8.39. The number of carbonyl (C=O) groups is 1. The predicted octanol–water partition coefficient (Wildman–Crippen LogP) is 2.19. The van der Waals surface area contributed by atoms with Gasteiger partial charge in [0.2, 0.25) is 0 Å². The van der Waals surface area contributed by atoms with E-state index in [0.29, 0.717) is 19.5 Å². The van der Waals surface area contributed by atoms with Crippen molar-refractivity contribution >= 4 is 5.91 Å². The molecule has 0 aromatic heterocycles. The lowest BCUT2D eigenvalue weighted by molar-refractivity contribution is 0.0762. The summed E-state index contributed by atoms with van der Waals surface area (Å²) in [5, 5.41) is 9.53. The number of amides is 1. The molecule has 1 saturated heterocycles. The first kappa shape index (κ1) is 13.1. The number of nitrogens with zero attached hydrogens (tertiary/aromatic N) is 1. The first-order valence-corrected chi connectivity index (χ1v) is 6.46. The number of hydrogen-bond donors (Lipinski definition) is 1. The number of hydrogen-bond acceptors (Lipinski definition) is 2. The van der Waals surface area contributed by atoms with Gasteiger partial charge >= 0.3 is 0 Å². The number of benzene rings is 1. The summed E-state index contributed by atoms with van der Waals surface area (Å²) in [5.41, 5.74) is 1.78. The Balaban J connectivity index is 2.31. The highest BCUT2D eigenvalue weighted by Crippen LogP contribution is 2.27. The van der Waals surface area contributed by atoms with Crippen molar-refractivity contribution in [1.82, 2.24) is 4.90 Å². The van der Waals surface area contributed by atoms with Gasteiger partial charge in [0.05, 0.1) is 6.10 Å². The van der Waals surface area contributed by atoms with Crippen LogP contribution < -0.4 is 0 Å². The first-order valence-electron chi connectivity index (χ1n) is 6.46. The summed E-state index contributed by atoms with van der Waals surface area (Å²) in [6, 6.07) is 7.76. The van der Waals surface area contributed by atoms with Gasteiger partial charge in [-0.15, -0.1) is 0 Å². The summed E-state index contributed by atoms with van der Waals surface area (Å²) in [7, 11) is 0. The number of likely N-dealkylation sites (tertiary alicyclic amines) is 1. The molecule has 0 spiro atoms. The second kappa shape index (κ2) is 4.73. The SMILES string of the molecule is CC(C)(C)c1ccccc1C(=O)N1CC[C@@H](O)C1. The Morgan fingerprint density at radius 2 is 2.00 bits per heavy atom. The van der Waals surface area contributed by atoms with Crippen LogP contribution in [-0.4, -0.2) is 35.1 Å². The maximum Gasteiger partial charge on any atom is 0.254 e. The molecule has 1 N–H and O–H groups in total. The molecule has 0 saturated carbocycles. The molecule has 0 unspecified atom stereocenters. The number of β-amino-alcohol motifs (C(OH)–C–C–N with tert-alkyl or cyclic N) is 1. The van der Waals surface area contributed by atoms with Crippen molar-refractivity contribution in [2.24, 2.45) is 0 Å². The molecule has 1 aromatic carbocycles. The van der Waals surface area contributed by atoms with Gasteiger partial charge in [0, 0.05) is 18.7 Å². The van der Waals surface area contributed by atoms with Gasteiger partial charge < -0.3 is 10.0 Å². The molecule has 1 aliphatic rings. The van der Waals surface area contributed by atoms with E-state index in [1.165, 1.54) is 0 Å². The van der Waals surface area contributed by atoms with Gasteiger partial charge in [0.25, 0.3) is 5.91 Å². The highest BCUT2D eigenvalue weighted by atomic mass is 16.3. The van der Waals surface area contributed by atoms with Crippen LogP contribution in [0.25, 0.3) is 0 Å². The quantitative estimate of drug-likeness (QED) is 0.826. The summed E-state index contributed by atoms with van der Waals surface area (Å²) in [6.07, 6.45) is 0.319. The van der Waals surface area contributed by atoms with E-state index in [-0.39, 0.29) is 17.4 Å². The zero-order valence-corrected chi connectivity index (χ0v) is 11.3. The smallest absolute Gasteiger partial charge is 0.254 e. The zero-order valence-electron chi connectivity index (χ0n) is 11.3. The summed E-state index contributed by atoms with van der Waals surface area (Å²) in [6.45, 7) is 7.43. The topological polar surface area (TPSA) is 40.5 Å². The Hall–Kier alpha value is -1.35. The van der Waals surface area contributed by atoms with E-state index in [9.17, 15) is 9.90 Å². The minimum atomic E-state index is -0.365. The average molecular weight is 247 g/mol. The van der Waals surface area contributed by atoms with Crippen LogP contribution in [-0.2, 0) is 5.41 Å². The lowest BCUT2D eigenvalue weighted by Crippen LogP contribution is -2.31. The van der Waals surface area contributed by atoms with Gasteiger partial charge in [0.15, 0.2) is 0 Å². The van der Waals surface area contributed by atoms with Gasteiger partial charge in [-0.25, -0.2) is 0 Å². The molecule has 3 heteroatoms. The molecule has 1 aromatic rings. The molecule has 0 radical (unpaired) electrons. The van der Waals surface area contributed by atoms with Crippen molar-refractivity contribution in [2.75, 3.05) is 13.1 Å². The van der Waals surface area contributed by atoms with E-state index in [4.69, 9.17) is 0 Å². The third kappa shape index (κ3) is 2.56. The van der Waals surface area contributed by atoms with Crippen molar-refractivity contribution in [3.63, 3.8) is 0 Å². The second-order valence-corrected chi connectivity index (χ2v) is 5.99. The summed E-state index contributed by atoms with van der Waals surface area (Å²) in [4.78, 5) is 14.2. The van der Waals surface area contributed by atoms with E-state index in [1.807, 2.05) is 24.3 Å². The lowest BCUT2D eigenvalue weighted by Gasteiger charge is -2.24. The van der Waals surface area contributed by atoms with Crippen molar-refractivity contribution < 1.29 is 9.90 Å². The predicted molar refractivity (Wildman–Crippen MR) is 71.7 cm³/mol. The fourth-order valence-corrected chi connectivity index (χ4v) is 2.42. The molecule has 18 heavy (non-hydrogen) atoms. The summed E-state index contributed by atoms with van der Waals surface area (Å²) in [5.74, 6) is 0.0390. The molecule has 98 valence electrons. The Morgan fingerprint density at radius 1 is 1.33 bits per heavy atom. The third-order valence-corrected chi connectivity index (χ3v) is 3.42. The standard InChI is InChI=1S/C15H21NO2/c1-15(2,3)13-7-5-4-6-12(13)14(18)16-9-8-11(17)10-16/h4-7,11,17H,8-10H2,1-3H3/t11-/m1/s1. The van der Waals surface area contributed by atoms with Gasteiger partial charge in [0.1, 0.15) is 0 Å². The van der Waals surface area contributed by atoms with Crippen molar-refractivity contribution in [2.45, 2.75) is 38.7 Å². The number of rotatable bonds is 1. The summed E-state index contributed by atoms with van der Waals surface area (Å²) < 4.78 is 0. The fourth-order valence-electron chi connectivity index (χ4n) is 2.42. The Bertz CT molecular complexity index is 448. The zero-order chi connectivity index (χ0) is 13.3. The van der Waals surface area contributed by atoms with Crippen LogP contribution >= 0.6 is 0 Å². The summed E-state index contributed by atoms with van der Waals surface area (Å²) >= 11 is 0. The van der Waals surface area contributed by atoms with Crippen LogP contribution in [0.2, 0.25) is 0 Å². The van der Waals surface area contributed by atoms with Crippen LogP contribution in [0.3, 0.4) is 0 Å². The van der Waals surface area contributed by atoms with Gasteiger partial charge in [-0.05, 0) is 23.5 Å². The largest absolute Gasteiger partial charge is 0.391 e. The molecule has 1 atom stereocenters. The van der Waals surface area contributed by atoms with E-state index >= 15 is 0 Å². The van der Waals surface area contributed by atoms with Crippen molar-refractivity contribution in [1.29, 1.82) is 0 Å². The highest BCUT2D eigenvalue weighted by molar-refractivity contribution is 5.96. The van der Waals surface area contributed by atoms with Gasteiger partial charge in [-0.3, -0.25) is 4.79 Å². The molecule has 3 nitrogen and oxygen atoms in total. The maximum absolute atomic E-state index is 12.5. The number of carbonyl (C=O) groups excluding carboxylic acids is 1. The molecule has 1 heterocycles. The molecular formula is C15H21NO2. The number of aliphatic hydroxyl groups excluding tert-OH is 1. The van der Waals surface area contributed by atoms with Gasteiger partial charge in [-0.2, -0.15) is 0 Å². The van der Waals surface area contributed by atoms with Gasteiger partial charge in [-0.1, -0.05) is 39.0 Å². The highest BCUT2D eigenvalue weighted by Gasteiger charge is 2.28. The van der Waals surface area contributed by atoms with Crippen LogP contribution in [0.1, 0.15) is 43.1 Å². The Labute approximate surface area is 108 Å². The second-order valence-electron chi connectivity index (χ2n) is 5.99. The monoisotopic (exact) mass is 247 g/mol. The molecular weight excluding hydrogens is 226 g/mol. The fraction of sp³-hybridized carbons (Fsp3) is 0.533.